The van der Waals surface area contributed by atoms with Crippen LogP contribution in [0.5, 0.6) is 0 Å². The number of nitrogen functional groups attached to an aromatic ring is 1. The maximum atomic E-state index is 11.4. The second kappa shape index (κ2) is 5.78. The molecule has 0 unspecified atom stereocenters. The van der Waals surface area contributed by atoms with Crippen LogP contribution >= 0.6 is 15.9 Å². The molecule has 9 nitrogen and oxygen atoms in total. The second-order valence-electron chi connectivity index (χ2n) is 4.70. The minimum absolute atomic E-state index is 0.200. The van der Waals surface area contributed by atoms with Crippen molar-refractivity contribution in [1.29, 1.82) is 0 Å². The summed E-state index contributed by atoms with van der Waals surface area (Å²) >= 11 is 3.18. The van der Waals surface area contributed by atoms with Crippen molar-refractivity contribution in [3.05, 3.63) is 12.7 Å². The molecule has 1 aliphatic heterocycles. The van der Waals surface area contributed by atoms with Gasteiger partial charge < -0.3 is 20.3 Å². The van der Waals surface area contributed by atoms with Crippen LogP contribution in [-0.2, 0) is 14.3 Å². The van der Waals surface area contributed by atoms with Crippen molar-refractivity contribution >= 4 is 38.9 Å². The maximum absolute atomic E-state index is 11.4. The Hall–Kier alpha value is -1.78. The molecule has 1 saturated heterocycles. The number of nitrogens with two attached hydrogens (primary N) is 1. The van der Waals surface area contributed by atoms with E-state index in [-0.39, 0.29) is 5.82 Å². The Morgan fingerprint density at radius 2 is 2.41 bits per heavy atom. The molecule has 1 aliphatic rings. The molecule has 3 rings (SSSR count). The van der Waals surface area contributed by atoms with E-state index in [0.717, 1.165) is 0 Å². The van der Waals surface area contributed by atoms with E-state index in [0.29, 0.717) is 11.2 Å². The summed E-state index contributed by atoms with van der Waals surface area (Å²) in [5, 5.41) is 9.44. The van der Waals surface area contributed by atoms with Crippen LogP contribution in [0, 0.1) is 0 Å². The summed E-state index contributed by atoms with van der Waals surface area (Å²) in [5.41, 5.74) is 6.50. The van der Waals surface area contributed by atoms with E-state index in [1.807, 2.05) is 0 Å². The largest absolute Gasteiger partial charge is 0.456 e. The van der Waals surface area contributed by atoms with Crippen LogP contribution in [-0.4, -0.2) is 54.2 Å². The average molecular weight is 373 g/mol. The quantitative estimate of drug-likeness (QED) is 0.569. The number of aliphatic hydroxyl groups is 1. The molecule has 118 valence electrons. The normalized spacial score (nSPS) is 32.1. The van der Waals surface area contributed by atoms with Crippen LogP contribution in [0.3, 0.4) is 0 Å². The molecule has 0 spiro atoms. The number of nitrogens with zero attached hydrogens (tertiary/aromatic N) is 4. The number of hydrogen-bond donors (Lipinski definition) is 2. The van der Waals surface area contributed by atoms with E-state index >= 15 is 0 Å². The van der Waals surface area contributed by atoms with Gasteiger partial charge in [0.05, 0.1) is 23.8 Å². The number of esters is 1. The van der Waals surface area contributed by atoms with Gasteiger partial charge in [-0.1, -0.05) is 15.9 Å². The average Bonchev–Trinajstić information content (AvgIpc) is 3.00. The van der Waals surface area contributed by atoms with Gasteiger partial charge in [0.15, 0.2) is 23.8 Å². The standard InChI is InChI=1S/C12H14BrN5O4/c1-5(20)21-9-7(13)6(2-19)22-12(9)18-4-17-8-10(14)15-3-16-11(8)18/h3-4,6-7,9,12,19H,2H2,1H3,(H2,14,15,16)/t6-,7+,9-,12-/m1/s1/i7D. The lowest BCUT2D eigenvalue weighted by Gasteiger charge is -2.21. The molecular formula is C12H14BrN5O4. The summed E-state index contributed by atoms with van der Waals surface area (Å²) in [4.78, 5) is 22.0. The molecule has 3 heterocycles. The predicted octanol–water partition coefficient (Wildman–Crippen LogP) is -0.00660. The first kappa shape index (κ1) is 13.9. The van der Waals surface area contributed by atoms with Crippen molar-refractivity contribution in [2.75, 3.05) is 12.3 Å². The summed E-state index contributed by atoms with van der Waals surface area (Å²) in [6.45, 7) is 0.811. The van der Waals surface area contributed by atoms with Crippen molar-refractivity contribution in [2.24, 2.45) is 0 Å². The third kappa shape index (κ3) is 2.42. The fourth-order valence-corrected chi connectivity index (χ4v) is 2.89. The Morgan fingerprint density at radius 3 is 3.09 bits per heavy atom. The molecule has 0 bridgehead atoms. The zero-order valence-electron chi connectivity index (χ0n) is 12.5. The third-order valence-corrected chi connectivity index (χ3v) is 4.22. The van der Waals surface area contributed by atoms with Gasteiger partial charge in [0, 0.05) is 8.29 Å². The number of aliphatic hydroxyl groups excluding tert-OH is 1. The van der Waals surface area contributed by atoms with Crippen LogP contribution in [0.4, 0.5) is 5.82 Å². The van der Waals surface area contributed by atoms with Crippen LogP contribution in [0.2, 0.25) is 0 Å². The lowest BCUT2D eigenvalue weighted by atomic mass is 10.2. The van der Waals surface area contributed by atoms with Crippen LogP contribution < -0.4 is 5.73 Å². The number of halogens is 1. The van der Waals surface area contributed by atoms with Gasteiger partial charge in [-0.25, -0.2) is 15.0 Å². The highest BCUT2D eigenvalue weighted by atomic mass is 79.9. The van der Waals surface area contributed by atoms with Gasteiger partial charge in [-0.3, -0.25) is 9.36 Å². The van der Waals surface area contributed by atoms with Crippen molar-refractivity contribution < 1.29 is 20.7 Å². The molecule has 0 aliphatic carbocycles. The molecule has 0 amide bonds. The predicted molar refractivity (Wildman–Crippen MR) is 79.0 cm³/mol. The molecule has 1 fully saturated rings. The number of imidazole rings is 1. The summed E-state index contributed by atoms with van der Waals surface area (Å²) in [7, 11) is 0. The van der Waals surface area contributed by atoms with E-state index in [1.165, 1.54) is 24.1 Å². The third-order valence-electron chi connectivity index (χ3n) is 3.26. The lowest BCUT2D eigenvalue weighted by Crippen LogP contribution is -2.32. The maximum Gasteiger partial charge on any atom is 0.303 e. The van der Waals surface area contributed by atoms with E-state index in [2.05, 4.69) is 30.9 Å². The van der Waals surface area contributed by atoms with Gasteiger partial charge in [0.2, 0.25) is 0 Å². The molecule has 22 heavy (non-hydrogen) atoms. The van der Waals surface area contributed by atoms with Gasteiger partial charge in [0.1, 0.15) is 11.8 Å². The molecule has 0 radical (unpaired) electrons. The molecule has 3 N–H and O–H groups in total. The van der Waals surface area contributed by atoms with Crippen molar-refractivity contribution in [1.82, 2.24) is 19.5 Å². The van der Waals surface area contributed by atoms with Crippen molar-refractivity contribution in [3.8, 4) is 0 Å². The van der Waals surface area contributed by atoms with Gasteiger partial charge >= 0.3 is 5.97 Å². The number of alkyl halides is 1. The minimum Gasteiger partial charge on any atom is -0.456 e. The van der Waals surface area contributed by atoms with Gasteiger partial charge in [0.25, 0.3) is 0 Å². The fraction of sp³-hybridized carbons (Fsp3) is 0.500. The summed E-state index contributed by atoms with van der Waals surface area (Å²) < 4.78 is 20.8. The Balaban J connectivity index is 2.08. The fourth-order valence-electron chi connectivity index (χ4n) is 2.32. The smallest absolute Gasteiger partial charge is 0.303 e. The molecule has 10 heteroatoms. The molecule has 2 aromatic rings. The van der Waals surface area contributed by atoms with Crippen LogP contribution in [0.25, 0.3) is 11.2 Å². The minimum atomic E-state index is -1.52. The topological polar surface area (TPSA) is 125 Å². The Bertz CT molecular complexity index is 754. The first-order valence-corrected chi connectivity index (χ1v) is 7.21. The van der Waals surface area contributed by atoms with Crippen LogP contribution in [0.15, 0.2) is 12.7 Å². The van der Waals surface area contributed by atoms with E-state index in [9.17, 15) is 9.90 Å². The SMILES string of the molecule is [2H][C@]1(Br)[C@@H](CO)O[C@@H](n2cnc3c(N)ncnc32)[C@@H]1OC(C)=O. The van der Waals surface area contributed by atoms with E-state index in [4.69, 9.17) is 16.6 Å². The highest BCUT2D eigenvalue weighted by molar-refractivity contribution is 9.09. The van der Waals surface area contributed by atoms with Gasteiger partial charge in [-0.05, 0) is 0 Å². The van der Waals surface area contributed by atoms with Crippen molar-refractivity contribution in [2.45, 2.75) is 30.2 Å². The van der Waals surface area contributed by atoms with Crippen molar-refractivity contribution in [3.63, 3.8) is 0 Å². The molecule has 2 aromatic heterocycles. The number of hydrogen-bond acceptors (Lipinski definition) is 8. The second-order valence-corrected chi connectivity index (χ2v) is 5.61. The first-order valence-electron chi connectivity index (χ1n) is 6.91. The number of carbonyl (C=O) groups excluding carboxylic acids is 1. The first-order chi connectivity index (χ1) is 10.9. The number of ether oxygens (including phenoxy) is 2. The zero-order chi connectivity index (χ0) is 16.8. The summed E-state index contributed by atoms with van der Waals surface area (Å²) in [6.07, 6.45) is -0.136. The molecule has 0 aromatic carbocycles. The van der Waals surface area contributed by atoms with Gasteiger partial charge in [-0.15, -0.1) is 0 Å². The molecular weight excluding hydrogens is 358 g/mol. The van der Waals surface area contributed by atoms with E-state index < -0.39 is 35.8 Å². The monoisotopic (exact) mass is 372 g/mol. The lowest BCUT2D eigenvalue weighted by molar-refractivity contribution is -0.152. The summed E-state index contributed by atoms with van der Waals surface area (Å²) in [6, 6.07) is 0. The zero-order valence-corrected chi connectivity index (χ0v) is 13.1. The Labute approximate surface area is 135 Å². The number of anilines is 1. The Morgan fingerprint density at radius 1 is 1.64 bits per heavy atom. The molecule has 4 atom stereocenters. The van der Waals surface area contributed by atoms with Gasteiger partial charge in [-0.2, -0.15) is 0 Å². The number of carbonyl (C=O) groups is 1. The number of fused-ring (bicyclic) bond motifs is 1. The summed E-state index contributed by atoms with van der Waals surface area (Å²) in [5.74, 6) is -0.373. The molecule has 0 saturated carbocycles. The van der Waals surface area contributed by atoms with E-state index in [1.54, 1.807) is 0 Å². The number of aromatic nitrogens is 4. The highest BCUT2D eigenvalue weighted by Crippen LogP contribution is 2.37. The van der Waals surface area contributed by atoms with Crippen LogP contribution in [0.1, 0.15) is 14.5 Å². The highest BCUT2D eigenvalue weighted by Gasteiger charge is 2.46. The number of rotatable bonds is 3. The Kier molecular flexibility index (Phi) is 3.64.